The van der Waals surface area contributed by atoms with E-state index in [1.807, 2.05) is 53.6 Å². The summed E-state index contributed by atoms with van der Waals surface area (Å²) < 4.78 is 53.0. The molecule has 2 aromatic heterocycles. The van der Waals surface area contributed by atoms with Gasteiger partial charge in [-0.2, -0.15) is 13.2 Å². The summed E-state index contributed by atoms with van der Waals surface area (Å²) in [6.45, 7) is 3.60. The van der Waals surface area contributed by atoms with Gasteiger partial charge >= 0.3 is 6.18 Å². The zero-order valence-electron chi connectivity index (χ0n) is 23.9. The number of thiocarbonyl (C=S) groups is 1. The molecule has 1 saturated heterocycles. The van der Waals surface area contributed by atoms with Gasteiger partial charge in [-0.15, -0.1) is 0 Å². The van der Waals surface area contributed by atoms with Crippen molar-refractivity contribution < 1.29 is 27.4 Å². The monoisotopic (exact) mass is 609 g/mol. The van der Waals surface area contributed by atoms with E-state index in [0.717, 1.165) is 34.8 Å². The number of anilines is 2. The van der Waals surface area contributed by atoms with E-state index in [0.29, 0.717) is 27.9 Å². The molecule has 1 aliphatic rings. The van der Waals surface area contributed by atoms with E-state index in [1.165, 1.54) is 20.3 Å². The van der Waals surface area contributed by atoms with Gasteiger partial charge in [-0.1, -0.05) is 12.1 Å². The maximum atomic E-state index is 13.6. The van der Waals surface area contributed by atoms with Gasteiger partial charge < -0.3 is 29.6 Å². The van der Waals surface area contributed by atoms with Crippen LogP contribution < -0.4 is 20.3 Å². The molecule has 12 heteroatoms. The molecular weight excluding hydrogens is 579 g/mol. The second kappa shape index (κ2) is 12.1. The number of amides is 1. The minimum Gasteiger partial charge on any atom is -0.495 e. The van der Waals surface area contributed by atoms with Crippen molar-refractivity contribution in [2.45, 2.75) is 32.1 Å². The number of hydrogen-bond acceptors (Lipinski definition) is 5. The lowest BCUT2D eigenvalue weighted by Crippen LogP contribution is -2.29. The van der Waals surface area contributed by atoms with Crippen molar-refractivity contribution in [3.05, 3.63) is 101 Å². The molecule has 1 amide bonds. The first-order valence-corrected chi connectivity index (χ1v) is 13.8. The van der Waals surface area contributed by atoms with Crippen molar-refractivity contribution in [3.8, 4) is 11.4 Å². The number of aryl methyl sites for hydroxylation is 1. The Morgan fingerprint density at radius 2 is 1.84 bits per heavy atom. The van der Waals surface area contributed by atoms with Crippen LogP contribution in [0.25, 0.3) is 5.69 Å². The van der Waals surface area contributed by atoms with Crippen LogP contribution in [0.15, 0.2) is 72.9 Å². The van der Waals surface area contributed by atoms with E-state index in [2.05, 4.69) is 15.6 Å². The third kappa shape index (κ3) is 5.93. The summed E-state index contributed by atoms with van der Waals surface area (Å²) >= 11 is 5.86. The predicted octanol–water partition coefficient (Wildman–Crippen LogP) is 6.28. The largest absolute Gasteiger partial charge is 0.495 e. The quantitative estimate of drug-likeness (QED) is 0.228. The van der Waals surface area contributed by atoms with Crippen LogP contribution in [-0.4, -0.2) is 41.4 Å². The zero-order valence-corrected chi connectivity index (χ0v) is 24.7. The molecule has 0 bridgehead atoms. The third-order valence-corrected chi connectivity index (χ3v) is 7.64. The highest BCUT2D eigenvalue weighted by molar-refractivity contribution is 7.80. The van der Waals surface area contributed by atoms with E-state index in [4.69, 9.17) is 21.7 Å². The molecule has 43 heavy (non-hydrogen) atoms. The summed E-state index contributed by atoms with van der Waals surface area (Å²) in [4.78, 5) is 18.9. The summed E-state index contributed by atoms with van der Waals surface area (Å²) in [5.41, 5.74) is 3.86. The van der Waals surface area contributed by atoms with Crippen LogP contribution in [0.5, 0.6) is 5.75 Å². The molecule has 0 radical (unpaired) electrons. The summed E-state index contributed by atoms with van der Waals surface area (Å²) in [7, 11) is 2.94. The number of methoxy groups -OCH3 is 2. The first kappa shape index (κ1) is 30.1. The standard InChI is InChI=1S/C31H30F3N5O3S/c1-18-14-23(19(2)38(18)21-9-7-8-20(15-21)31(32,33)34)29-28(24-10-5-6-13-35-24)37-30(43)39(29)22-11-12-26(42-4)25(16-22)36-27(40)17-41-3/h5-16,28-29H,17H2,1-4H3,(H,36,40)(H,37,43)/t28-,29-/m1/s1. The summed E-state index contributed by atoms with van der Waals surface area (Å²) in [5.74, 6) is 0.0967. The number of nitrogens with one attached hydrogen (secondary N) is 2. The lowest BCUT2D eigenvalue weighted by Gasteiger charge is -2.29. The highest BCUT2D eigenvalue weighted by atomic mass is 32.1. The van der Waals surface area contributed by atoms with Crippen LogP contribution in [-0.2, 0) is 15.7 Å². The molecule has 1 aliphatic heterocycles. The minimum absolute atomic E-state index is 0.136. The number of aromatic nitrogens is 2. The fourth-order valence-electron chi connectivity index (χ4n) is 5.52. The molecule has 1 fully saturated rings. The molecule has 2 aromatic carbocycles. The van der Waals surface area contributed by atoms with E-state index in [9.17, 15) is 18.0 Å². The highest BCUT2D eigenvalue weighted by Gasteiger charge is 2.42. The zero-order chi connectivity index (χ0) is 30.9. The Balaban J connectivity index is 1.65. The van der Waals surface area contributed by atoms with Gasteiger partial charge in [-0.25, -0.2) is 0 Å². The lowest BCUT2D eigenvalue weighted by atomic mass is 9.96. The molecule has 5 rings (SSSR count). The van der Waals surface area contributed by atoms with E-state index in [1.54, 1.807) is 24.4 Å². The summed E-state index contributed by atoms with van der Waals surface area (Å²) in [5, 5.41) is 6.63. The molecule has 0 spiro atoms. The number of carbonyl (C=O) groups excluding carboxylic acids is 1. The molecule has 224 valence electrons. The van der Waals surface area contributed by atoms with Crippen LogP contribution in [0.3, 0.4) is 0 Å². The third-order valence-electron chi connectivity index (χ3n) is 7.33. The number of rotatable bonds is 8. The van der Waals surface area contributed by atoms with Crippen LogP contribution >= 0.6 is 12.2 Å². The number of ether oxygens (including phenoxy) is 2. The lowest BCUT2D eigenvalue weighted by molar-refractivity contribution is -0.137. The summed E-state index contributed by atoms with van der Waals surface area (Å²) in [6.07, 6.45) is -2.77. The smallest absolute Gasteiger partial charge is 0.416 e. The van der Waals surface area contributed by atoms with Crippen molar-refractivity contribution in [2.75, 3.05) is 31.0 Å². The van der Waals surface area contributed by atoms with Crippen LogP contribution in [0.1, 0.15) is 40.3 Å². The van der Waals surface area contributed by atoms with Crippen LogP contribution in [0, 0.1) is 13.8 Å². The van der Waals surface area contributed by atoms with Crippen molar-refractivity contribution in [2.24, 2.45) is 0 Å². The molecule has 2 N–H and O–H groups in total. The topological polar surface area (TPSA) is 80.7 Å². The number of halogens is 3. The van der Waals surface area contributed by atoms with Crippen molar-refractivity contribution in [3.63, 3.8) is 0 Å². The van der Waals surface area contributed by atoms with Gasteiger partial charge in [0.25, 0.3) is 0 Å². The molecule has 4 aromatic rings. The number of benzene rings is 2. The number of alkyl halides is 3. The fourth-order valence-corrected chi connectivity index (χ4v) is 5.86. The van der Waals surface area contributed by atoms with E-state index >= 15 is 0 Å². The van der Waals surface area contributed by atoms with E-state index < -0.39 is 23.8 Å². The average Bonchev–Trinajstić information content (AvgIpc) is 3.47. The maximum Gasteiger partial charge on any atom is 0.416 e. The second-order valence-corrected chi connectivity index (χ2v) is 10.5. The highest BCUT2D eigenvalue weighted by Crippen LogP contribution is 2.45. The van der Waals surface area contributed by atoms with Gasteiger partial charge in [0.2, 0.25) is 5.91 Å². The molecule has 8 nitrogen and oxygen atoms in total. The number of pyridine rings is 1. The van der Waals surface area contributed by atoms with Gasteiger partial charge in [0.05, 0.1) is 36.1 Å². The Kier molecular flexibility index (Phi) is 8.43. The first-order chi connectivity index (χ1) is 20.5. The maximum absolute atomic E-state index is 13.6. The Labute approximate surface area is 252 Å². The SMILES string of the molecule is COCC(=O)Nc1cc(N2C(=S)N[C@H](c3ccccn3)[C@H]2c2cc(C)n(-c3cccc(C(F)(F)F)c3)c2C)ccc1OC. The predicted molar refractivity (Wildman–Crippen MR) is 162 cm³/mol. The summed E-state index contributed by atoms with van der Waals surface area (Å²) in [6, 6.07) is 17.3. The molecule has 0 saturated carbocycles. The van der Waals surface area contributed by atoms with Gasteiger partial charge in [-0.05, 0) is 86.2 Å². The van der Waals surface area contributed by atoms with Crippen molar-refractivity contribution in [1.29, 1.82) is 0 Å². The van der Waals surface area contributed by atoms with Gasteiger partial charge in [0.1, 0.15) is 12.4 Å². The van der Waals surface area contributed by atoms with Crippen molar-refractivity contribution in [1.82, 2.24) is 14.9 Å². The van der Waals surface area contributed by atoms with Crippen LogP contribution in [0.4, 0.5) is 24.5 Å². The average molecular weight is 610 g/mol. The van der Waals surface area contributed by atoms with Gasteiger partial charge in [-0.3, -0.25) is 9.78 Å². The molecular formula is C31H30F3N5O3S. The Hall–Kier alpha value is -4.42. The number of hydrogen-bond donors (Lipinski definition) is 2. The van der Waals surface area contributed by atoms with Gasteiger partial charge in [0.15, 0.2) is 5.11 Å². The molecule has 3 heterocycles. The van der Waals surface area contributed by atoms with Crippen molar-refractivity contribution >= 4 is 34.6 Å². The molecule has 2 atom stereocenters. The van der Waals surface area contributed by atoms with E-state index in [-0.39, 0.29) is 12.5 Å². The second-order valence-electron chi connectivity index (χ2n) is 10.1. The number of carbonyl (C=O) groups is 1. The first-order valence-electron chi connectivity index (χ1n) is 13.4. The van der Waals surface area contributed by atoms with Gasteiger partial charge in [0, 0.05) is 36.1 Å². The Morgan fingerprint density at radius 1 is 1.05 bits per heavy atom. The Bertz CT molecular complexity index is 1660. The minimum atomic E-state index is -4.47. The number of nitrogens with zero attached hydrogens (tertiary/aromatic N) is 3. The van der Waals surface area contributed by atoms with Crippen LogP contribution in [0.2, 0.25) is 0 Å². The fraction of sp³-hybridized carbons (Fsp3) is 0.258. The molecule has 0 aliphatic carbocycles. The molecule has 0 unspecified atom stereocenters. The normalized spacial score (nSPS) is 16.7. The Morgan fingerprint density at radius 3 is 2.51 bits per heavy atom.